The van der Waals surface area contributed by atoms with Crippen molar-refractivity contribution in [2.45, 2.75) is 206 Å². The second kappa shape index (κ2) is 37.8. The van der Waals surface area contributed by atoms with Crippen molar-refractivity contribution < 1.29 is 15.0 Å². The molecule has 1 amide bonds. The molecule has 0 aromatic carbocycles. The lowest BCUT2D eigenvalue weighted by Crippen LogP contribution is -2.45. The Hall–Kier alpha value is -1.65. The lowest BCUT2D eigenvalue weighted by molar-refractivity contribution is -0.123. The van der Waals surface area contributed by atoms with Crippen molar-refractivity contribution in [2.24, 2.45) is 0 Å². The fourth-order valence-electron chi connectivity index (χ4n) is 5.66. The normalized spacial score (nSPS) is 13.6. The van der Waals surface area contributed by atoms with Gasteiger partial charge < -0.3 is 15.5 Å². The van der Waals surface area contributed by atoms with Crippen LogP contribution in [0.1, 0.15) is 194 Å². The van der Waals surface area contributed by atoms with Crippen LogP contribution in [0, 0.1) is 0 Å². The molecule has 0 aromatic heterocycles. The van der Waals surface area contributed by atoms with Crippen molar-refractivity contribution in [3.05, 3.63) is 48.6 Å². The van der Waals surface area contributed by atoms with E-state index >= 15 is 0 Å². The number of hydrogen-bond donors (Lipinski definition) is 3. The zero-order chi connectivity index (χ0) is 33.6. The Bertz CT molecular complexity index is 741. The molecule has 3 N–H and O–H groups in total. The van der Waals surface area contributed by atoms with Crippen LogP contribution in [0.5, 0.6) is 0 Å². The van der Waals surface area contributed by atoms with Gasteiger partial charge in [0.25, 0.3) is 0 Å². The van der Waals surface area contributed by atoms with E-state index in [1.165, 1.54) is 122 Å². The number of rotatable bonds is 35. The smallest absolute Gasteiger partial charge is 0.220 e. The predicted molar refractivity (Wildman–Crippen MR) is 202 cm³/mol. The van der Waals surface area contributed by atoms with E-state index < -0.39 is 12.1 Å². The summed E-state index contributed by atoms with van der Waals surface area (Å²) < 4.78 is 0. The molecule has 0 aliphatic carbocycles. The maximum Gasteiger partial charge on any atom is 0.220 e. The van der Waals surface area contributed by atoms with E-state index in [1.807, 2.05) is 6.08 Å². The zero-order valence-electron chi connectivity index (χ0n) is 30.6. The van der Waals surface area contributed by atoms with Crippen molar-refractivity contribution >= 4 is 5.91 Å². The summed E-state index contributed by atoms with van der Waals surface area (Å²) in [5.41, 5.74) is 0. The quantitative estimate of drug-likeness (QED) is 0.0475. The molecule has 0 saturated carbocycles. The Morgan fingerprint density at radius 3 is 1.33 bits per heavy atom. The summed E-state index contributed by atoms with van der Waals surface area (Å²) in [5.74, 6) is -0.0949. The number of unbranched alkanes of at least 4 members (excludes halogenated alkanes) is 22. The number of amides is 1. The van der Waals surface area contributed by atoms with E-state index in [0.29, 0.717) is 6.42 Å². The number of hydrogen-bond acceptors (Lipinski definition) is 3. The van der Waals surface area contributed by atoms with Gasteiger partial charge in [0.15, 0.2) is 0 Å². The van der Waals surface area contributed by atoms with Crippen LogP contribution >= 0.6 is 0 Å². The minimum atomic E-state index is -0.873. The average molecular weight is 644 g/mol. The topological polar surface area (TPSA) is 69.6 Å². The minimum Gasteiger partial charge on any atom is -0.394 e. The molecule has 0 saturated heterocycles. The molecule has 0 fully saturated rings. The van der Waals surface area contributed by atoms with Gasteiger partial charge in [0, 0.05) is 6.42 Å². The number of aliphatic hydroxyl groups excluding tert-OH is 2. The largest absolute Gasteiger partial charge is 0.394 e. The van der Waals surface area contributed by atoms with Gasteiger partial charge in [-0.1, -0.05) is 172 Å². The van der Waals surface area contributed by atoms with Gasteiger partial charge in [-0.05, 0) is 64.2 Å². The first-order valence-electron chi connectivity index (χ1n) is 19.9. The summed E-state index contributed by atoms with van der Waals surface area (Å²) >= 11 is 0. The van der Waals surface area contributed by atoms with Crippen LogP contribution < -0.4 is 5.32 Å². The van der Waals surface area contributed by atoms with Crippen molar-refractivity contribution in [3.8, 4) is 0 Å². The molecular weight excluding hydrogens is 566 g/mol. The maximum absolute atomic E-state index is 12.3. The standard InChI is InChI=1S/C42H77NO3/c1-3-5-7-9-11-13-15-16-17-18-19-20-21-22-23-24-25-26-27-28-29-31-33-35-37-41(45)40(39-44)43-42(46)38-36-34-32-30-14-12-10-8-6-4-2/h10,12,24-25,28-29,35,37,40-41,44-45H,3-9,11,13-23,26-27,30-34,36,38-39H2,1-2H3,(H,43,46)/b12-10-,25-24+,29-28+,37-35+. The van der Waals surface area contributed by atoms with Crippen LogP contribution in [-0.2, 0) is 4.79 Å². The molecule has 0 aliphatic rings. The van der Waals surface area contributed by atoms with E-state index in [0.717, 1.165) is 51.4 Å². The van der Waals surface area contributed by atoms with Crippen molar-refractivity contribution in [1.82, 2.24) is 5.32 Å². The average Bonchev–Trinajstić information content (AvgIpc) is 3.06. The Morgan fingerprint density at radius 2 is 0.870 bits per heavy atom. The molecule has 0 aliphatic heterocycles. The highest BCUT2D eigenvalue weighted by Gasteiger charge is 2.17. The van der Waals surface area contributed by atoms with Gasteiger partial charge in [-0.25, -0.2) is 0 Å². The molecule has 0 heterocycles. The molecule has 46 heavy (non-hydrogen) atoms. The summed E-state index contributed by atoms with van der Waals surface area (Å²) in [6.07, 6.45) is 50.8. The van der Waals surface area contributed by atoms with E-state index in [4.69, 9.17) is 0 Å². The third-order valence-corrected chi connectivity index (χ3v) is 8.76. The molecule has 0 aromatic rings. The number of carbonyl (C=O) groups is 1. The molecule has 4 nitrogen and oxygen atoms in total. The summed E-state index contributed by atoms with van der Waals surface area (Å²) in [5, 5.41) is 22.8. The molecule has 0 bridgehead atoms. The monoisotopic (exact) mass is 644 g/mol. The van der Waals surface area contributed by atoms with Gasteiger partial charge in [-0.15, -0.1) is 0 Å². The second-order valence-electron chi connectivity index (χ2n) is 13.3. The predicted octanol–water partition coefficient (Wildman–Crippen LogP) is 12.0. The summed E-state index contributed by atoms with van der Waals surface area (Å²) in [6.45, 7) is 4.23. The van der Waals surface area contributed by atoms with E-state index in [-0.39, 0.29) is 12.5 Å². The third kappa shape index (κ3) is 33.7. The molecule has 2 atom stereocenters. The van der Waals surface area contributed by atoms with Crippen LogP contribution in [0.2, 0.25) is 0 Å². The molecule has 4 heteroatoms. The van der Waals surface area contributed by atoms with Crippen molar-refractivity contribution in [3.63, 3.8) is 0 Å². The molecule has 0 spiro atoms. The molecule has 268 valence electrons. The van der Waals surface area contributed by atoms with E-state index in [1.54, 1.807) is 6.08 Å². The molecule has 0 radical (unpaired) electrons. The van der Waals surface area contributed by atoms with Crippen molar-refractivity contribution in [1.29, 1.82) is 0 Å². The van der Waals surface area contributed by atoms with Crippen LogP contribution in [0.25, 0.3) is 0 Å². The first kappa shape index (κ1) is 44.4. The van der Waals surface area contributed by atoms with E-state index in [2.05, 4.69) is 55.6 Å². The maximum atomic E-state index is 12.3. The van der Waals surface area contributed by atoms with Gasteiger partial charge in [0.2, 0.25) is 5.91 Å². The lowest BCUT2D eigenvalue weighted by Gasteiger charge is -2.19. The van der Waals surface area contributed by atoms with Gasteiger partial charge in [0.1, 0.15) is 0 Å². The Balaban J connectivity index is 3.65. The molecule has 0 rings (SSSR count). The Kier molecular flexibility index (Phi) is 36.4. The van der Waals surface area contributed by atoms with E-state index in [9.17, 15) is 15.0 Å². The van der Waals surface area contributed by atoms with Gasteiger partial charge in [0.05, 0.1) is 18.8 Å². The number of carbonyl (C=O) groups excluding carboxylic acids is 1. The van der Waals surface area contributed by atoms with Gasteiger partial charge in [-0.3, -0.25) is 4.79 Å². The minimum absolute atomic E-state index is 0.0949. The highest BCUT2D eigenvalue weighted by atomic mass is 16.3. The molecule has 2 unspecified atom stereocenters. The highest BCUT2D eigenvalue weighted by Crippen LogP contribution is 2.14. The number of nitrogens with one attached hydrogen (secondary N) is 1. The van der Waals surface area contributed by atoms with Crippen LogP contribution in [0.3, 0.4) is 0 Å². The Labute approximate surface area is 286 Å². The fraction of sp³-hybridized carbons (Fsp3) is 0.786. The highest BCUT2D eigenvalue weighted by molar-refractivity contribution is 5.76. The van der Waals surface area contributed by atoms with Crippen LogP contribution in [-0.4, -0.2) is 34.9 Å². The summed E-state index contributed by atoms with van der Waals surface area (Å²) in [7, 11) is 0. The molecular formula is C42H77NO3. The number of allylic oxidation sites excluding steroid dienone is 7. The zero-order valence-corrected chi connectivity index (χ0v) is 30.6. The first-order valence-corrected chi connectivity index (χ1v) is 19.9. The summed E-state index contributed by atoms with van der Waals surface area (Å²) in [4.78, 5) is 12.3. The number of aliphatic hydroxyl groups is 2. The lowest BCUT2D eigenvalue weighted by atomic mass is 10.0. The van der Waals surface area contributed by atoms with Crippen molar-refractivity contribution in [2.75, 3.05) is 6.61 Å². The third-order valence-electron chi connectivity index (χ3n) is 8.76. The van der Waals surface area contributed by atoms with Gasteiger partial charge >= 0.3 is 0 Å². The van der Waals surface area contributed by atoms with Crippen LogP contribution in [0.4, 0.5) is 0 Å². The van der Waals surface area contributed by atoms with Crippen LogP contribution in [0.15, 0.2) is 48.6 Å². The van der Waals surface area contributed by atoms with Gasteiger partial charge in [-0.2, -0.15) is 0 Å². The second-order valence-corrected chi connectivity index (χ2v) is 13.3. The SMILES string of the molecule is CCCC/C=C\CCCCCCC(=O)NC(CO)C(O)/C=C/CC/C=C/CC/C=C/CCCCCCCCCCCCCCCC. The summed E-state index contributed by atoms with van der Waals surface area (Å²) in [6, 6.07) is -0.649. The Morgan fingerprint density at radius 1 is 0.500 bits per heavy atom. The fourth-order valence-corrected chi connectivity index (χ4v) is 5.66. The first-order chi connectivity index (χ1) is 22.7.